The number of fused-ring (bicyclic) bond motifs is 4. The number of β-amino-alcohol motifs (C(OH)–C–C–N with tert-alkyl or cyclic N) is 1. The molecule has 0 unspecified atom stereocenters. The minimum Gasteiger partial charge on any atom is -0.478 e. The highest BCUT2D eigenvalue weighted by Gasteiger charge is 2.36. The number of piperidine rings is 1. The zero-order valence-corrected chi connectivity index (χ0v) is 38.8. The van der Waals surface area contributed by atoms with Gasteiger partial charge in [0.05, 0.1) is 16.9 Å². The Hall–Kier alpha value is -5.66. The highest BCUT2D eigenvalue weighted by molar-refractivity contribution is 7.15. The number of nitrogens with zero attached hydrogens (tertiary/aromatic N) is 7. The predicted octanol–water partition coefficient (Wildman–Crippen LogP) is 10.1. The van der Waals surface area contributed by atoms with Crippen LogP contribution in [-0.4, -0.2) is 93.0 Å². The van der Waals surface area contributed by atoms with Crippen molar-refractivity contribution < 1.29 is 19.4 Å². The second-order valence-corrected chi connectivity index (χ2v) is 19.7. The van der Waals surface area contributed by atoms with Crippen molar-refractivity contribution >= 4 is 57.1 Å². The Morgan fingerprint density at radius 1 is 0.846 bits per heavy atom. The first-order valence-electron chi connectivity index (χ1n) is 22.7. The molecule has 1 aliphatic carbocycles. The van der Waals surface area contributed by atoms with E-state index < -0.39 is 11.6 Å². The molecule has 0 radical (unpaired) electrons. The van der Waals surface area contributed by atoms with Crippen LogP contribution in [0.4, 0.5) is 15.8 Å². The number of hydrogen-bond donors (Lipinski definition) is 2. The van der Waals surface area contributed by atoms with Gasteiger partial charge in [-0.05, 0) is 142 Å². The van der Waals surface area contributed by atoms with Gasteiger partial charge in [-0.25, -0.2) is 9.18 Å². The number of aliphatic hydroxyl groups is 1. The Balaban J connectivity index is 0.794. The summed E-state index contributed by atoms with van der Waals surface area (Å²) >= 11 is 8.53. The maximum Gasteiger partial charge on any atom is 0.335 e. The van der Waals surface area contributed by atoms with Crippen LogP contribution in [0.15, 0.2) is 89.9 Å². The molecule has 65 heavy (non-hydrogen) atoms. The van der Waals surface area contributed by atoms with Crippen LogP contribution < -0.4 is 9.80 Å². The standard InChI is InChI=1S/C52H53ClFN7O3S/c1-31-33(3)65-50-46(31)48(55-32(2)49-57-56-34(4)61(49)50)35-12-15-38(16-13-35)59-22-20-52(64,21-23-59)30-58-24-26-60(27-25-58)39-17-19-43(45(54)29-39)47-40-18-14-37(51(62)63)28-36(40)8-7-10-42(47)41-9-5-6-11-44(41)53/h5-6,9,11-19,28-29,32,64H,7-8,10,20-27,30H2,1-4H3,(H,62,63)/t32-/m0/s1. The first kappa shape index (κ1) is 43.2. The van der Waals surface area contributed by atoms with E-state index in [0.29, 0.717) is 42.8 Å². The molecule has 334 valence electrons. The summed E-state index contributed by atoms with van der Waals surface area (Å²) in [7, 11) is 0. The molecule has 4 aliphatic rings. The van der Waals surface area contributed by atoms with Crippen LogP contribution in [0.5, 0.6) is 0 Å². The number of aliphatic imine (C=N–C) groups is 1. The third-order valence-electron chi connectivity index (χ3n) is 14.0. The van der Waals surface area contributed by atoms with E-state index in [1.165, 1.54) is 10.4 Å². The summed E-state index contributed by atoms with van der Waals surface area (Å²) in [6.07, 6.45) is 3.49. The molecule has 2 N–H and O–H groups in total. The molecule has 10 rings (SSSR count). The van der Waals surface area contributed by atoms with Crippen molar-refractivity contribution in [2.24, 2.45) is 4.99 Å². The summed E-state index contributed by atoms with van der Waals surface area (Å²) in [6, 6.07) is 26.9. The van der Waals surface area contributed by atoms with E-state index in [0.717, 1.165) is 118 Å². The van der Waals surface area contributed by atoms with Crippen molar-refractivity contribution in [2.45, 2.75) is 71.4 Å². The number of anilines is 2. The summed E-state index contributed by atoms with van der Waals surface area (Å²) < 4.78 is 18.8. The van der Waals surface area contributed by atoms with Crippen LogP contribution >= 0.6 is 22.9 Å². The van der Waals surface area contributed by atoms with Crippen molar-refractivity contribution in [1.82, 2.24) is 19.7 Å². The van der Waals surface area contributed by atoms with Gasteiger partial charge in [0.1, 0.15) is 22.7 Å². The molecule has 0 saturated carbocycles. The average molecular weight is 911 g/mol. The minimum absolute atomic E-state index is 0.134. The first-order chi connectivity index (χ1) is 31.4. The summed E-state index contributed by atoms with van der Waals surface area (Å²) in [5, 5.41) is 32.2. The van der Waals surface area contributed by atoms with Gasteiger partial charge in [0.2, 0.25) is 0 Å². The SMILES string of the molecule is Cc1sc2c(c1C)C(c1ccc(N3CCC(O)(CN4CCN(c5ccc(C6=C(c7ccccc7Cl)CCCc7cc(C(=O)O)ccc76)c(F)c5)CC4)CC3)cc1)=N[C@@H](C)c1nnc(C)n1-2. The normalized spacial score (nSPS) is 18.7. The summed E-state index contributed by atoms with van der Waals surface area (Å²) in [5.74, 6) is 0.423. The summed E-state index contributed by atoms with van der Waals surface area (Å²) in [5.41, 5.74) is 10.6. The average Bonchev–Trinajstić information content (AvgIpc) is 3.71. The van der Waals surface area contributed by atoms with Crippen LogP contribution in [-0.2, 0) is 6.42 Å². The Bertz CT molecular complexity index is 2890. The highest BCUT2D eigenvalue weighted by Crippen LogP contribution is 2.44. The number of piperazine rings is 1. The monoisotopic (exact) mass is 909 g/mol. The summed E-state index contributed by atoms with van der Waals surface area (Å²) in [4.78, 5) is 25.3. The topological polar surface area (TPSA) is 110 Å². The minimum atomic E-state index is -0.982. The van der Waals surface area contributed by atoms with Gasteiger partial charge in [-0.1, -0.05) is 48.0 Å². The number of benzene rings is 4. The van der Waals surface area contributed by atoms with Gasteiger partial charge in [0, 0.05) is 83.8 Å². The first-order valence-corrected chi connectivity index (χ1v) is 23.9. The number of carboxylic acids is 1. The zero-order chi connectivity index (χ0) is 45.1. The van der Waals surface area contributed by atoms with E-state index in [2.05, 4.69) is 74.5 Å². The van der Waals surface area contributed by atoms with E-state index in [4.69, 9.17) is 16.6 Å². The fourth-order valence-electron chi connectivity index (χ4n) is 10.3. The van der Waals surface area contributed by atoms with Gasteiger partial charge in [-0.3, -0.25) is 14.5 Å². The second-order valence-electron chi connectivity index (χ2n) is 18.1. The molecule has 1 atom stereocenters. The number of rotatable bonds is 8. The third kappa shape index (κ3) is 8.09. The van der Waals surface area contributed by atoms with Gasteiger partial charge in [-0.2, -0.15) is 0 Å². The molecule has 0 spiro atoms. The number of thiophene rings is 1. The number of aromatic carboxylic acids is 1. The van der Waals surface area contributed by atoms with Gasteiger partial charge in [-0.15, -0.1) is 21.5 Å². The lowest BCUT2D eigenvalue weighted by molar-refractivity contribution is -0.0173. The van der Waals surface area contributed by atoms with E-state index in [9.17, 15) is 15.0 Å². The number of hydrogen-bond acceptors (Lipinski definition) is 9. The molecule has 2 fully saturated rings. The van der Waals surface area contributed by atoms with Crippen molar-refractivity contribution in [3.8, 4) is 5.00 Å². The van der Waals surface area contributed by atoms with Crippen LogP contribution in [0.25, 0.3) is 16.1 Å². The molecular formula is C52H53ClFN7O3S. The summed E-state index contributed by atoms with van der Waals surface area (Å²) in [6.45, 7) is 13.5. The fourth-order valence-corrected chi connectivity index (χ4v) is 11.8. The van der Waals surface area contributed by atoms with Gasteiger partial charge in [0.25, 0.3) is 0 Å². The van der Waals surface area contributed by atoms with Crippen LogP contribution in [0.2, 0.25) is 5.02 Å². The predicted molar refractivity (Wildman–Crippen MR) is 259 cm³/mol. The molecule has 4 aromatic carbocycles. The lowest BCUT2D eigenvalue weighted by Gasteiger charge is -2.44. The maximum absolute atomic E-state index is 16.6. The van der Waals surface area contributed by atoms with E-state index in [-0.39, 0.29) is 17.4 Å². The molecule has 5 heterocycles. The number of carboxylic acid groups (broad SMARTS) is 1. The molecule has 0 amide bonds. The Kier molecular flexibility index (Phi) is 11.5. The maximum atomic E-state index is 16.6. The molecule has 2 aromatic heterocycles. The van der Waals surface area contributed by atoms with Crippen molar-refractivity contribution in [2.75, 3.05) is 55.6 Å². The molecule has 0 bridgehead atoms. The Morgan fingerprint density at radius 2 is 1.55 bits per heavy atom. The Labute approximate surface area is 388 Å². The number of halogens is 2. The van der Waals surface area contributed by atoms with E-state index in [1.54, 1.807) is 29.5 Å². The fraction of sp³-hybridized carbons (Fsp3) is 0.346. The largest absolute Gasteiger partial charge is 0.478 e. The molecule has 6 aromatic rings. The van der Waals surface area contributed by atoms with Crippen LogP contribution in [0, 0.1) is 26.6 Å². The molecular weight excluding hydrogens is 857 g/mol. The number of allylic oxidation sites excluding steroid dienone is 1. The molecule has 13 heteroatoms. The lowest BCUT2D eigenvalue weighted by atomic mass is 9.87. The van der Waals surface area contributed by atoms with Crippen molar-refractivity contribution in [1.29, 1.82) is 0 Å². The number of aromatic nitrogens is 3. The van der Waals surface area contributed by atoms with Gasteiger partial charge >= 0.3 is 5.97 Å². The smallest absolute Gasteiger partial charge is 0.335 e. The number of aryl methyl sites for hydroxylation is 3. The molecule has 3 aliphatic heterocycles. The lowest BCUT2D eigenvalue weighted by Crippen LogP contribution is -2.55. The quantitative estimate of drug-likeness (QED) is 0.155. The Morgan fingerprint density at radius 3 is 2.28 bits per heavy atom. The second kappa shape index (κ2) is 17.3. The van der Waals surface area contributed by atoms with Gasteiger partial charge < -0.3 is 20.0 Å². The van der Waals surface area contributed by atoms with Crippen molar-refractivity contribution in [3.05, 3.63) is 157 Å². The van der Waals surface area contributed by atoms with Crippen molar-refractivity contribution in [3.63, 3.8) is 0 Å². The van der Waals surface area contributed by atoms with E-state index in [1.807, 2.05) is 49.4 Å². The van der Waals surface area contributed by atoms with Crippen LogP contribution in [0.1, 0.15) is 104 Å². The van der Waals surface area contributed by atoms with Crippen LogP contribution in [0.3, 0.4) is 0 Å². The van der Waals surface area contributed by atoms with E-state index >= 15 is 4.39 Å². The number of carbonyl (C=O) groups is 1. The molecule has 10 nitrogen and oxygen atoms in total. The van der Waals surface area contributed by atoms with Gasteiger partial charge in [0.15, 0.2) is 5.82 Å². The highest BCUT2D eigenvalue weighted by atomic mass is 35.5. The third-order valence-corrected chi connectivity index (χ3v) is 15.5. The molecule has 2 saturated heterocycles. The zero-order valence-electron chi connectivity index (χ0n) is 37.2.